The van der Waals surface area contributed by atoms with E-state index in [0.29, 0.717) is 5.92 Å². The number of carbonyl (C=O) groups excluding carboxylic acids is 1. The fourth-order valence-electron chi connectivity index (χ4n) is 2.48. The fraction of sp³-hybridized carbons (Fsp3) is 0.917. The lowest BCUT2D eigenvalue weighted by Gasteiger charge is -2.32. The summed E-state index contributed by atoms with van der Waals surface area (Å²) >= 11 is 0. The summed E-state index contributed by atoms with van der Waals surface area (Å²) in [5.41, 5.74) is 0. The van der Waals surface area contributed by atoms with Crippen molar-refractivity contribution < 1.29 is 4.79 Å². The van der Waals surface area contributed by atoms with E-state index in [9.17, 15) is 4.79 Å². The summed E-state index contributed by atoms with van der Waals surface area (Å²) in [5, 5.41) is 0. The van der Waals surface area contributed by atoms with Crippen molar-refractivity contribution in [3.63, 3.8) is 0 Å². The highest BCUT2D eigenvalue weighted by Gasteiger charge is 2.26. The molecule has 2 heteroatoms. The maximum Gasteiger partial charge on any atom is 0.235 e. The summed E-state index contributed by atoms with van der Waals surface area (Å²) in [4.78, 5) is 14.0. The molecule has 0 heterocycles. The van der Waals surface area contributed by atoms with Gasteiger partial charge < -0.3 is 0 Å². The van der Waals surface area contributed by atoms with E-state index in [-0.39, 0.29) is 6.04 Å². The summed E-state index contributed by atoms with van der Waals surface area (Å²) in [6, 6.07) is 0.181. The molecule has 0 saturated heterocycles. The van der Waals surface area contributed by atoms with Gasteiger partial charge in [-0.05, 0) is 50.4 Å². The zero-order valence-electron chi connectivity index (χ0n) is 9.49. The monoisotopic (exact) mass is 195 g/mol. The lowest BCUT2D eigenvalue weighted by atomic mass is 9.75. The molecular formula is C12H21NO. The van der Waals surface area contributed by atoms with Crippen molar-refractivity contribution in [1.82, 2.24) is 0 Å². The molecule has 1 aliphatic rings. The number of rotatable bonds is 3. The molecule has 1 aliphatic carbocycles. The molecule has 0 radical (unpaired) electrons. The van der Waals surface area contributed by atoms with Crippen molar-refractivity contribution >= 4 is 6.08 Å². The van der Waals surface area contributed by atoms with Gasteiger partial charge in [0.05, 0.1) is 6.04 Å². The molecule has 1 rings (SSSR count). The second kappa shape index (κ2) is 5.31. The van der Waals surface area contributed by atoms with E-state index in [0.717, 1.165) is 11.8 Å². The molecule has 2 nitrogen and oxygen atoms in total. The lowest BCUT2D eigenvalue weighted by molar-refractivity contribution is 0.208. The second-order valence-electron chi connectivity index (χ2n) is 4.88. The Morgan fingerprint density at radius 2 is 1.57 bits per heavy atom. The van der Waals surface area contributed by atoms with Gasteiger partial charge in [-0.25, -0.2) is 9.79 Å². The van der Waals surface area contributed by atoms with Gasteiger partial charge in [-0.2, -0.15) is 0 Å². The summed E-state index contributed by atoms with van der Waals surface area (Å²) < 4.78 is 0. The Hall–Kier alpha value is -0.620. The van der Waals surface area contributed by atoms with Crippen molar-refractivity contribution in [3.8, 4) is 0 Å². The topological polar surface area (TPSA) is 29.4 Å². The molecule has 0 aromatic rings. The standard InChI is InChI=1S/C12H21NO/c1-9(2)11-4-6-12(7-5-11)10(3)13-8-14/h9-12H,4-7H2,1-3H3. The van der Waals surface area contributed by atoms with Crippen molar-refractivity contribution in [2.45, 2.75) is 52.5 Å². The lowest BCUT2D eigenvalue weighted by Crippen LogP contribution is -2.24. The van der Waals surface area contributed by atoms with Crippen LogP contribution in [0.25, 0.3) is 0 Å². The molecule has 1 fully saturated rings. The molecule has 14 heavy (non-hydrogen) atoms. The third-order valence-corrected chi connectivity index (χ3v) is 3.70. The summed E-state index contributed by atoms with van der Waals surface area (Å²) in [5.74, 6) is 2.31. The minimum absolute atomic E-state index is 0.181. The molecule has 0 spiro atoms. The minimum Gasteiger partial charge on any atom is -0.211 e. The number of nitrogens with zero attached hydrogens (tertiary/aromatic N) is 1. The van der Waals surface area contributed by atoms with E-state index in [4.69, 9.17) is 0 Å². The Labute approximate surface area is 86.8 Å². The summed E-state index contributed by atoms with van der Waals surface area (Å²) in [7, 11) is 0. The minimum atomic E-state index is 0.181. The van der Waals surface area contributed by atoms with Crippen LogP contribution >= 0.6 is 0 Å². The molecule has 0 bridgehead atoms. The van der Waals surface area contributed by atoms with E-state index < -0.39 is 0 Å². The normalized spacial score (nSPS) is 29.7. The highest BCUT2D eigenvalue weighted by Crippen LogP contribution is 2.35. The average molecular weight is 195 g/mol. The predicted molar refractivity (Wildman–Crippen MR) is 57.9 cm³/mol. The highest BCUT2D eigenvalue weighted by molar-refractivity contribution is 5.33. The van der Waals surface area contributed by atoms with Crippen LogP contribution in [0.15, 0.2) is 4.99 Å². The zero-order chi connectivity index (χ0) is 10.6. The highest BCUT2D eigenvalue weighted by atomic mass is 16.1. The van der Waals surface area contributed by atoms with Crippen molar-refractivity contribution in [2.24, 2.45) is 22.7 Å². The van der Waals surface area contributed by atoms with Gasteiger partial charge in [-0.3, -0.25) is 0 Å². The quantitative estimate of drug-likeness (QED) is 0.502. The van der Waals surface area contributed by atoms with Gasteiger partial charge in [0.2, 0.25) is 6.08 Å². The van der Waals surface area contributed by atoms with Crippen LogP contribution in [0.2, 0.25) is 0 Å². The fourth-order valence-corrected chi connectivity index (χ4v) is 2.48. The first-order chi connectivity index (χ1) is 6.65. The van der Waals surface area contributed by atoms with Crippen LogP contribution in [0.5, 0.6) is 0 Å². The van der Waals surface area contributed by atoms with Crippen LogP contribution in [-0.2, 0) is 4.79 Å². The van der Waals surface area contributed by atoms with Gasteiger partial charge in [0, 0.05) is 0 Å². The SMILES string of the molecule is CC(C)C1CCC(C(C)N=C=O)CC1. The van der Waals surface area contributed by atoms with Crippen LogP contribution < -0.4 is 0 Å². The van der Waals surface area contributed by atoms with Crippen LogP contribution in [0, 0.1) is 17.8 Å². The molecule has 0 aromatic heterocycles. The molecule has 1 saturated carbocycles. The van der Waals surface area contributed by atoms with Crippen LogP contribution in [0.3, 0.4) is 0 Å². The van der Waals surface area contributed by atoms with Crippen LogP contribution in [0.4, 0.5) is 0 Å². The van der Waals surface area contributed by atoms with Crippen molar-refractivity contribution in [1.29, 1.82) is 0 Å². The van der Waals surface area contributed by atoms with Crippen molar-refractivity contribution in [3.05, 3.63) is 0 Å². The number of aliphatic imine (C=N–C) groups is 1. The number of hydrogen-bond donors (Lipinski definition) is 0. The first-order valence-corrected chi connectivity index (χ1v) is 5.72. The predicted octanol–water partition coefficient (Wildman–Crippen LogP) is 3.17. The molecule has 1 unspecified atom stereocenters. The number of hydrogen-bond acceptors (Lipinski definition) is 2. The first-order valence-electron chi connectivity index (χ1n) is 5.72. The van der Waals surface area contributed by atoms with Gasteiger partial charge in [0.25, 0.3) is 0 Å². The van der Waals surface area contributed by atoms with Gasteiger partial charge in [0.1, 0.15) is 0 Å². The van der Waals surface area contributed by atoms with Crippen LogP contribution in [0.1, 0.15) is 46.5 Å². The summed E-state index contributed by atoms with van der Waals surface area (Å²) in [6.07, 6.45) is 6.75. The maximum absolute atomic E-state index is 10.1. The molecule has 0 aromatic carbocycles. The largest absolute Gasteiger partial charge is 0.235 e. The number of isocyanates is 1. The van der Waals surface area contributed by atoms with Gasteiger partial charge in [-0.1, -0.05) is 13.8 Å². The van der Waals surface area contributed by atoms with E-state index in [1.807, 2.05) is 6.92 Å². The van der Waals surface area contributed by atoms with Gasteiger partial charge >= 0.3 is 0 Å². The molecule has 80 valence electrons. The smallest absolute Gasteiger partial charge is 0.211 e. The average Bonchev–Trinajstić information content (AvgIpc) is 2.18. The molecule has 0 amide bonds. The molecular weight excluding hydrogens is 174 g/mol. The Balaban J connectivity index is 2.38. The zero-order valence-corrected chi connectivity index (χ0v) is 9.49. The van der Waals surface area contributed by atoms with Crippen LogP contribution in [-0.4, -0.2) is 12.1 Å². The molecule has 0 N–H and O–H groups in total. The Kier molecular flexibility index (Phi) is 4.34. The van der Waals surface area contributed by atoms with E-state index >= 15 is 0 Å². The van der Waals surface area contributed by atoms with E-state index in [1.165, 1.54) is 25.7 Å². The van der Waals surface area contributed by atoms with E-state index in [2.05, 4.69) is 18.8 Å². The first kappa shape index (κ1) is 11.5. The van der Waals surface area contributed by atoms with Gasteiger partial charge in [0.15, 0.2) is 0 Å². The van der Waals surface area contributed by atoms with Crippen molar-refractivity contribution in [2.75, 3.05) is 0 Å². The summed E-state index contributed by atoms with van der Waals surface area (Å²) in [6.45, 7) is 6.64. The third kappa shape index (κ3) is 2.95. The van der Waals surface area contributed by atoms with Gasteiger partial charge in [-0.15, -0.1) is 0 Å². The maximum atomic E-state index is 10.1. The third-order valence-electron chi connectivity index (χ3n) is 3.70. The second-order valence-corrected chi connectivity index (χ2v) is 4.88. The molecule has 1 atom stereocenters. The Morgan fingerprint density at radius 1 is 1.07 bits per heavy atom. The molecule has 0 aliphatic heterocycles. The van der Waals surface area contributed by atoms with E-state index in [1.54, 1.807) is 6.08 Å². The Morgan fingerprint density at radius 3 is 2.00 bits per heavy atom. The Bertz CT molecular complexity index is 210.